The minimum absolute atomic E-state index is 0.413. The van der Waals surface area contributed by atoms with Gasteiger partial charge in [0.25, 0.3) is 0 Å². The van der Waals surface area contributed by atoms with E-state index in [1.807, 2.05) is 11.7 Å². The van der Waals surface area contributed by atoms with Gasteiger partial charge in [0.2, 0.25) is 5.95 Å². The largest absolute Gasteiger partial charge is 0.369 e. The average molecular weight is 290 g/mol. The van der Waals surface area contributed by atoms with Crippen molar-refractivity contribution in [1.82, 2.24) is 24.2 Å². The average Bonchev–Trinajstić information content (AvgIpc) is 2.89. The highest BCUT2D eigenvalue weighted by molar-refractivity contribution is 5.78. The fourth-order valence-corrected chi connectivity index (χ4v) is 3.68. The zero-order valence-corrected chi connectivity index (χ0v) is 13.5. The van der Waals surface area contributed by atoms with Gasteiger partial charge in [0.1, 0.15) is 5.52 Å². The van der Waals surface area contributed by atoms with E-state index in [9.17, 15) is 0 Å². The third-order valence-electron chi connectivity index (χ3n) is 4.65. The van der Waals surface area contributed by atoms with Crippen molar-refractivity contribution in [2.24, 2.45) is 13.0 Å². The fourth-order valence-electron chi connectivity index (χ4n) is 3.68. The van der Waals surface area contributed by atoms with Gasteiger partial charge in [-0.3, -0.25) is 9.25 Å². The normalized spacial score (nSPS) is 24.0. The summed E-state index contributed by atoms with van der Waals surface area (Å²) in [5.41, 5.74) is 9.40. The van der Waals surface area contributed by atoms with Crippen LogP contribution in [0.25, 0.3) is 11.2 Å². The van der Waals surface area contributed by atoms with E-state index in [2.05, 4.69) is 40.4 Å². The van der Waals surface area contributed by atoms with Crippen molar-refractivity contribution in [2.75, 3.05) is 25.9 Å². The van der Waals surface area contributed by atoms with Gasteiger partial charge >= 0.3 is 0 Å². The quantitative estimate of drug-likeness (QED) is 0.936. The Morgan fingerprint density at radius 1 is 1.33 bits per heavy atom. The van der Waals surface area contributed by atoms with E-state index in [-0.39, 0.29) is 0 Å². The number of imidazole rings is 1. The minimum atomic E-state index is 0.413. The maximum Gasteiger partial charge on any atom is 0.202 e. The lowest BCUT2D eigenvalue weighted by Crippen LogP contribution is -2.38. The molecule has 3 heterocycles. The molecule has 0 spiro atoms. The van der Waals surface area contributed by atoms with E-state index >= 15 is 0 Å². The molecule has 2 aromatic heterocycles. The maximum atomic E-state index is 6.26. The number of fused-ring (bicyclic) bond motifs is 1. The van der Waals surface area contributed by atoms with Crippen LogP contribution in [0.4, 0.5) is 5.95 Å². The van der Waals surface area contributed by atoms with Crippen molar-refractivity contribution >= 4 is 17.1 Å². The van der Waals surface area contributed by atoms with Crippen LogP contribution >= 0.6 is 0 Å². The smallest absolute Gasteiger partial charge is 0.202 e. The summed E-state index contributed by atoms with van der Waals surface area (Å²) in [6, 6.07) is 0.413. The van der Waals surface area contributed by atoms with Crippen LogP contribution in [0.5, 0.6) is 0 Å². The van der Waals surface area contributed by atoms with Crippen LogP contribution in [0.1, 0.15) is 38.4 Å². The number of likely N-dealkylation sites (tertiary alicyclic amines) is 1. The number of aryl methyl sites for hydroxylation is 2. The molecular weight excluding hydrogens is 264 g/mol. The van der Waals surface area contributed by atoms with Crippen LogP contribution in [0.2, 0.25) is 0 Å². The van der Waals surface area contributed by atoms with Crippen LogP contribution < -0.4 is 5.73 Å². The lowest BCUT2D eigenvalue weighted by atomic mass is 9.94. The molecule has 6 nitrogen and oxygen atoms in total. The predicted molar refractivity (Wildman–Crippen MR) is 85.2 cm³/mol. The number of piperidine rings is 1. The second-order valence-corrected chi connectivity index (χ2v) is 6.43. The Balaban J connectivity index is 2.08. The van der Waals surface area contributed by atoms with Crippen LogP contribution in [0, 0.1) is 5.92 Å². The van der Waals surface area contributed by atoms with E-state index in [0.717, 1.165) is 49.2 Å². The molecule has 1 aliphatic rings. The topological polar surface area (TPSA) is 64.9 Å². The number of nitrogen functional groups attached to an aromatic ring is 1. The molecule has 21 heavy (non-hydrogen) atoms. The van der Waals surface area contributed by atoms with Gasteiger partial charge in [-0.05, 0) is 32.4 Å². The van der Waals surface area contributed by atoms with Crippen LogP contribution in [0.3, 0.4) is 0 Å². The van der Waals surface area contributed by atoms with Crippen molar-refractivity contribution in [3.63, 3.8) is 0 Å². The zero-order chi connectivity index (χ0) is 15.1. The highest BCUT2D eigenvalue weighted by Crippen LogP contribution is 2.33. The number of hydrogen-bond donors (Lipinski definition) is 1. The highest BCUT2D eigenvalue weighted by atomic mass is 15.4. The van der Waals surface area contributed by atoms with E-state index in [0.29, 0.717) is 17.9 Å². The Hall–Kier alpha value is -1.56. The van der Waals surface area contributed by atoms with Gasteiger partial charge in [0.05, 0.1) is 5.69 Å². The maximum absolute atomic E-state index is 6.26. The Bertz CT molecular complexity index is 640. The zero-order valence-electron chi connectivity index (χ0n) is 13.5. The van der Waals surface area contributed by atoms with E-state index in [1.54, 1.807) is 0 Å². The van der Waals surface area contributed by atoms with Crippen molar-refractivity contribution in [3.8, 4) is 0 Å². The first kappa shape index (κ1) is 14.4. The summed E-state index contributed by atoms with van der Waals surface area (Å²) in [6.45, 7) is 6.67. The number of anilines is 1. The minimum Gasteiger partial charge on any atom is -0.369 e. The molecular formula is C15H26N6. The van der Waals surface area contributed by atoms with E-state index in [1.165, 1.54) is 0 Å². The number of hydrogen-bond acceptors (Lipinski definition) is 4. The molecule has 0 aromatic carbocycles. The number of rotatable bonds is 3. The molecule has 2 aromatic rings. The van der Waals surface area contributed by atoms with Gasteiger partial charge in [-0.1, -0.05) is 20.3 Å². The monoisotopic (exact) mass is 290 g/mol. The fraction of sp³-hybridized carbons (Fsp3) is 0.733. The molecule has 2 atom stereocenters. The SMILES string of the molecule is CCCc1nn(C)c2c1nc(N)n2C1CCN(C)CC1C. The number of aromatic nitrogens is 4. The molecule has 0 saturated carbocycles. The first-order valence-electron chi connectivity index (χ1n) is 7.90. The summed E-state index contributed by atoms with van der Waals surface area (Å²) in [5.74, 6) is 1.20. The van der Waals surface area contributed by atoms with Crippen molar-refractivity contribution in [2.45, 2.75) is 39.2 Å². The molecule has 0 bridgehead atoms. The molecule has 1 fully saturated rings. The third kappa shape index (κ3) is 2.31. The lowest BCUT2D eigenvalue weighted by Gasteiger charge is -2.36. The Kier molecular flexibility index (Phi) is 3.65. The van der Waals surface area contributed by atoms with Gasteiger partial charge in [-0.15, -0.1) is 0 Å². The summed E-state index contributed by atoms with van der Waals surface area (Å²) < 4.78 is 4.17. The summed E-state index contributed by atoms with van der Waals surface area (Å²) in [7, 11) is 4.18. The molecule has 2 unspecified atom stereocenters. The molecule has 0 radical (unpaired) electrons. The summed E-state index contributed by atoms with van der Waals surface area (Å²) >= 11 is 0. The first-order chi connectivity index (χ1) is 10.0. The van der Waals surface area contributed by atoms with Crippen molar-refractivity contribution in [1.29, 1.82) is 0 Å². The van der Waals surface area contributed by atoms with Crippen LogP contribution in [-0.4, -0.2) is 44.4 Å². The van der Waals surface area contributed by atoms with Gasteiger partial charge in [0.15, 0.2) is 5.65 Å². The second kappa shape index (κ2) is 5.33. The molecule has 6 heteroatoms. The second-order valence-electron chi connectivity index (χ2n) is 6.43. The van der Waals surface area contributed by atoms with Crippen molar-refractivity contribution < 1.29 is 0 Å². The van der Waals surface area contributed by atoms with E-state index < -0.39 is 0 Å². The summed E-state index contributed by atoms with van der Waals surface area (Å²) in [5, 5.41) is 4.64. The van der Waals surface area contributed by atoms with Gasteiger partial charge in [-0.2, -0.15) is 5.10 Å². The lowest BCUT2D eigenvalue weighted by molar-refractivity contribution is 0.162. The summed E-state index contributed by atoms with van der Waals surface area (Å²) in [4.78, 5) is 7.01. The van der Waals surface area contributed by atoms with Crippen molar-refractivity contribution in [3.05, 3.63) is 5.69 Å². The Morgan fingerprint density at radius 2 is 2.10 bits per heavy atom. The van der Waals surface area contributed by atoms with Crippen LogP contribution in [0.15, 0.2) is 0 Å². The standard InChI is InChI=1S/C15H26N6/c1-5-6-11-13-14(20(4)18-11)21(15(16)17-13)12-7-8-19(3)9-10(12)2/h10,12H,5-9H2,1-4H3,(H2,16,17). The summed E-state index contributed by atoms with van der Waals surface area (Å²) in [6.07, 6.45) is 3.14. The Morgan fingerprint density at radius 3 is 2.76 bits per heavy atom. The Labute approximate surface area is 125 Å². The molecule has 0 aliphatic carbocycles. The highest BCUT2D eigenvalue weighted by Gasteiger charge is 2.30. The molecule has 2 N–H and O–H groups in total. The molecule has 0 amide bonds. The van der Waals surface area contributed by atoms with Crippen LogP contribution in [-0.2, 0) is 13.5 Å². The molecule has 1 saturated heterocycles. The van der Waals surface area contributed by atoms with E-state index in [4.69, 9.17) is 5.73 Å². The third-order valence-corrected chi connectivity index (χ3v) is 4.65. The van der Waals surface area contributed by atoms with Gasteiger partial charge < -0.3 is 10.6 Å². The molecule has 3 rings (SSSR count). The molecule has 116 valence electrons. The number of nitrogens with two attached hydrogens (primary N) is 1. The number of nitrogens with zero attached hydrogens (tertiary/aromatic N) is 5. The van der Waals surface area contributed by atoms with Gasteiger partial charge in [0, 0.05) is 19.6 Å². The predicted octanol–water partition coefficient (Wildman–Crippen LogP) is 1.82. The molecule has 1 aliphatic heterocycles. The first-order valence-corrected chi connectivity index (χ1v) is 7.90. The van der Waals surface area contributed by atoms with Gasteiger partial charge in [-0.25, -0.2) is 4.98 Å².